The average molecular weight is 435 g/mol. The minimum absolute atomic E-state index is 0.00294. The minimum atomic E-state index is -0.491. The van der Waals surface area contributed by atoms with Crippen LogP contribution in [0.2, 0.25) is 0 Å². The Balaban J connectivity index is 1.62. The summed E-state index contributed by atoms with van der Waals surface area (Å²) in [6.07, 6.45) is 11.1. The smallest absolute Gasteiger partial charge is 0.252 e. The lowest BCUT2D eigenvalue weighted by Crippen LogP contribution is -2.40. The minimum Gasteiger partial charge on any atom is -0.365 e. The summed E-state index contributed by atoms with van der Waals surface area (Å²) in [6.45, 7) is 11.0. The van der Waals surface area contributed by atoms with E-state index >= 15 is 0 Å². The van der Waals surface area contributed by atoms with Crippen LogP contribution in [0.3, 0.4) is 0 Å². The molecular weight excluding hydrogens is 404 g/mol. The van der Waals surface area contributed by atoms with Crippen molar-refractivity contribution in [1.29, 1.82) is 0 Å². The standard InChI is InChI=1S/C24H30N6O2/c1-5-22(31)28-10-6-7-19(13-28)29-14-21(24(25)32)23(27-29)20-9-8-18(11-15(20)2)30-17(4)12-16(3)26-30/h5,8-9,11-12,14-15,19-20H,1,6-7,10,13H2,2-4H3,(H2,25,32)/t15?,19-,20?/m1/s1. The van der Waals surface area contributed by atoms with E-state index in [4.69, 9.17) is 10.8 Å². The molecule has 0 radical (unpaired) electrons. The van der Waals surface area contributed by atoms with Gasteiger partial charge in [-0.05, 0) is 50.8 Å². The fraction of sp³-hybridized carbons (Fsp3) is 0.417. The van der Waals surface area contributed by atoms with E-state index in [9.17, 15) is 9.59 Å². The molecule has 2 aromatic heterocycles. The lowest BCUT2D eigenvalue weighted by Gasteiger charge is -2.32. The first-order valence-electron chi connectivity index (χ1n) is 11.0. The summed E-state index contributed by atoms with van der Waals surface area (Å²) in [5, 5.41) is 9.39. The van der Waals surface area contributed by atoms with Crippen molar-refractivity contribution in [3.05, 3.63) is 65.8 Å². The highest BCUT2D eigenvalue weighted by molar-refractivity contribution is 5.94. The van der Waals surface area contributed by atoms with Gasteiger partial charge in [0.1, 0.15) is 0 Å². The fourth-order valence-corrected chi connectivity index (χ4v) is 4.71. The van der Waals surface area contributed by atoms with Gasteiger partial charge in [-0.15, -0.1) is 0 Å². The molecule has 3 heterocycles. The molecule has 4 rings (SSSR count). The zero-order valence-electron chi connectivity index (χ0n) is 18.9. The van der Waals surface area contributed by atoms with E-state index in [0.717, 1.165) is 29.9 Å². The van der Waals surface area contributed by atoms with Crippen LogP contribution in [0.15, 0.2) is 43.1 Å². The molecule has 8 nitrogen and oxygen atoms in total. The van der Waals surface area contributed by atoms with E-state index in [0.29, 0.717) is 24.3 Å². The molecule has 0 saturated carbocycles. The van der Waals surface area contributed by atoms with E-state index in [1.807, 2.05) is 35.4 Å². The topological polar surface area (TPSA) is 99.0 Å². The third kappa shape index (κ3) is 4.04. The van der Waals surface area contributed by atoms with Gasteiger partial charge in [0.15, 0.2) is 0 Å². The van der Waals surface area contributed by atoms with Crippen molar-refractivity contribution in [2.24, 2.45) is 11.7 Å². The van der Waals surface area contributed by atoms with Gasteiger partial charge in [0, 0.05) is 30.9 Å². The number of carbonyl (C=O) groups is 2. The van der Waals surface area contributed by atoms with E-state index in [2.05, 4.69) is 30.8 Å². The molecule has 0 bridgehead atoms. The van der Waals surface area contributed by atoms with Gasteiger partial charge in [-0.2, -0.15) is 10.2 Å². The van der Waals surface area contributed by atoms with Gasteiger partial charge >= 0.3 is 0 Å². The van der Waals surface area contributed by atoms with Gasteiger partial charge < -0.3 is 10.6 Å². The van der Waals surface area contributed by atoms with Gasteiger partial charge in [-0.25, -0.2) is 4.68 Å². The van der Waals surface area contributed by atoms with Crippen LogP contribution in [-0.4, -0.2) is 49.4 Å². The van der Waals surface area contributed by atoms with Gasteiger partial charge in [0.05, 0.1) is 28.7 Å². The molecule has 2 aromatic rings. The van der Waals surface area contributed by atoms with Crippen molar-refractivity contribution in [3.63, 3.8) is 0 Å². The third-order valence-corrected chi connectivity index (χ3v) is 6.33. The van der Waals surface area contributed by atoms with Crippen molar-refractivity contribution in [2.75, 3.05) is 13.1 Å². The summed E-state index contributed by atoms with van der Waals surface area (Å²) >= 11 is 0. The second kappa shape index (κ2) is 8.61. The number of amides is 2. The molecule has 0 spiro atoms. The van der Waals surface area contributed by atoms with Crippen LogP contribution in [0.4, 0.5) is 0 Å². The second-order valence-electron chi connectivity index (χ2n) is 8.73. The summed E-state index contributed by atoms with van der Waals surface area (Å²) in [5.41, 5.74) is 9.88. The number of likely N-dealkylation sites (tertiary alicyclic amines) is 1. The Hall–Kier alpha value is -3.42. The van der Waals surface area contributed by atoms with Gasteiger partial charge in [0.2, 0.25) is 5.91 Å². The maximum absolute atomic E-state index is 12.3. The molecule has 8 heteroatoms. The quantitative estimate of drug-likeness (QED) is 0.731. The number of nitrogens with zero attached hydrogens (tertiary/aromatic N) is 5. The van der Waals surface area contributed by atoms with Crippen molar-refractivity contribution in [2.45, 2.75) is 45.6 Å². The maximum Gasteiger partial charge on any atom is 0.252 e. The highest BCUT2D eigenvalue weighted by Gasteiger charge is 2.30. The predicted octanol–water partition coefficient (Wildman–Crippen LogP) is 2.98. The Morgan fingerprint density at radius 3 is 2.69 bits per heavy atom. The summed E-state index contributed by atoms with van der Waals surface area (Å²) in [6, 6.07) is 2.05. The maximum atomic E-state index is 12.3. The monoisotopic (exact) mass is 434 g/mol. The Morgan fingerprint density at radius 1 is 1.28 bits per heavy atom. The summed E-state index contributed by atoms with van der Waals surface area (Å²) in [5.74, 6) is -0.544. The number of aromatic nitrogens is 4. The zero-order valence-corrected chi connectivity index (χ0v) is 18.9. The number of piperidine rings is 1. The van der Waals surface area contributed by atoms with Crippen molar-refractivity contribution in [1.82, 2.24) is 24.5 Å². The van der Waals surface area contributed by atoms with Crippen molar-refractivity contribution in [3.8, 4) is 0 Å². The Bertz CT molecular complexity index is 1120. The molecule has 2 amide bonds. The van der Waals surface area contributed by atoms with Gasteiger partial charge in [-0.1, -0.05) is 25.7 Å². The van der Waals surface area contributed by atoms with E-state index < -0.39 is 5.91 Å². The molecule has 1 fully saturated rings. The predicted molar refractivity (Wildman–Crippen MR) is 123 cm³/mol. The summed E-state index contributed by atoms with van der Waals surface area (Å²) in [4.78, 5) is 26.1. The molecule has 0 aromatic carbocycles. The second-order valence-corrected chi connectivity index (χ2v) is 8.73. The highest BCUT2D eigenvalue weighted by Crippen LogP contribution is 2.35. The number of carbonyl (C=O) groups excluding carboxylic acids is 2. The van der Waals surface area contributed by atoms with Crippen LogP contribution in [0.25, 0.3) is 5.70 Å². The molecule has 1 aliphatic carbocycles. The molecular formula is C24H30N6O2. The van der Waals surface area contributed by atoms with Crippen molar-refractivity contribution < 1.29 is 9.59 Å². The number of hydrogen-bond donors (Lipinski definition) is 1. The Labute approximate surface area is 188 Å². The van der Waals surface area contributed by atoms with E-state index in [-0.39, 0.29) is 23.8 Å². The SMILES string of the molecule is C=CC(=O)N1CCC[C@@H](n2cc(C(N)=O)c(C3C=CC(n4nc(C)cc4C)=CC3C)n2)C1. The van der Waals surface area contributed by atoms with Crippen LogP contribution in [0.1, 0.15) is 59.2 Å². The molecule has 2 N–H and O–H groups in total. The number of nitrogens with two attached hydrogens (primary N) is 1. The van der Waals surface area contributed by atoms with Crippen LogP contribution in [-0.2, 0) is 4.79 Å². The Kier molecular flexibility index (Phi) is 5.86. The summed E-state index contributed by atoms with van der Waals surface area (Å²) < 4.78 is 3.75. The number of allylic oxidation sites excluding steroid dienone is 4. The molecule has 1 saturated heterocycles. The Morgan fingerprint density at radius 2 is 2.06 bits per heavy atom. The van der Waals surface area contributed by atoms with Crippen LogP contribution >= 0.6 is 0 Å². The fourth-order valence-electron chi connectivity index (χ4n) is 4.71. The largest absolute Gasteiger partial charge is 0.365 e. The van der Waals surface area contributed by atoms with Crippen molar-refractivity contribution >= 4 is 17.5 Å². The van der Waals surface area contributed by atoms with E-state index in [1.54, 1.807) is 11.1 Å². The first-order valence-corrected chi connectivity index (χ1v) is 11.0. The lowest BCUT2D eigenvalue weighted by molar-refractivity contribution is -0.127. The molecule has 32 heavy (non-hydrogen) atoms. The van der Waals surface area contributed by atoms with Crippen LogP contribution in [0, 0.1) is 19.8 Å². The molecule has 3 atom stereocenters. The van der Waals surface area contributed by atoms with Gasteiger partial charge in [-0.3, -0.25) is 14.3 Å². The molecule has 2 aliphatic rings. The van der Waals surface area contributed by atoms with E-state index in [1.165, 1.54) is 6.08 Å². The zero-order chi connectivity index (χ0) is 23.0. The number of primary amides is 1. The molecule has 168 valence electrons. The first-order chi connectivity index (χ1) is 15.3. The van der Waals surface area contributed by atoms with Crippen LogP contribution in [0.5, 0.6) is 0 Å². The summed E-state index contributed by atoms with van der Waals surface area (Å²) in [7, 11) is 0. The number of rotatable bonds is 5. The normalized spacial score (nSPS) is 23.2. The number of aryl methyl sites for hydroxylation is 2. The average Bonchev–Trinajstić information content (AvgIpc) is 3.36. The first kappa shape index (κ1) is 21.8. The van der Waals surface area contributed by atoms with Gasteiger partial charge in [0.25, 0.3) is 5.91 Å². The highest BCUT2D eigenvalue weighted by atomic mass is 16.2. The molecule has 1 aliphatic heterocycles. The number of hydrogen-bond acceptors (Lipinski definition) is 4. The molecule has 2 unspecified atom stereocenters. The van der Waals surface area contributed by atoms with Crippen LogP contribution < -0.4 is 5.73 Å². The third-order valence-electron chi connectivity index (χ3n) is 6.33. The lowest BCUT2D eigenvalue weighted by atomic mass is 9.85.